The van der Waals surface area contributed by atoms with E-state index in [4.69, 9.17) is 4.74 Å². The maximum Gasteiger partial charge on any atom is 0.213 e. The number of hydrogen-bond acceptors (Lipinski definition) is 4. The van der Waals surface area contributed by atoms with E-state index in [-0.39, 0.29) is 12.4 Å². The second kappa shape index (κ2) is 9.87. The Kier molecular flexibility index (Phi) is 8.93. The Labute approximate surface area is 140 Å². The van der Waals surface area contributed by atoms with Crippen molar-refractivity contribution in [2.24, 2.45) is 0 Å². The van der Waals surface area contributed by atoms with Crippen LogP contribution in [0.15, 0.2) is 22.8 Å². The number of rotatable bonds is 7. The van der Waals surface area contributed by atoms with Gasteiger partial charge in [0.15, 0.2) is 0 Å². The first-order valence-electron chi connectivity index (χ1n) is 6.82. The van der Waals surface area contributed by atoms with Gasteiger partial charge in [0.1, 0.15) is 0 Å². The minimum atomic E-state index is 0. The van der Waals surface area contributed by atoms with Gasteiger partial charge in [0.2, 0.25) is 5.88 Å². The summed E-state index contributed by atoms with van der Waals surface area (Å²) in [4.78, 5) is 6.76. The molecule has 0 radical (unpaired) electrons. The van der Waals surface area contributed by atoms with E-state index in [0.717, 1.165) is 23.5 Å². The lowest BCUT2D eigenvalue weighted by Gasteiger charge is -2.19. The second-order valence-corrected chi connectivity index (χ2v) is 6.80. The predicted octanol–water partition coefficient (Wildman–Crippen LogP) is 4.21. The minimum Gasteiger partial charge on any atom is -0.478 e. The third-order valence-electron chi connectivity index (χ3n) is 3.28. The standard InChI is InChI=1S/C14H21BrN2OS.ClH/c1-12-10-19-11-17(12)7-3-2-4-8-18-14-6-5-13(15)9-16-14;/h5-6,9,12H,2-4,7-8,10-11H2,1H3;1H. The number of thioether (sulfide) groups is 1. The average molecular weight is 382 g/mol. The fraction of sp³-hybridized carbons (Fsp3) is 0.643. The van der Waals surface area contributed by atoms with Gasteiger partial charge in [-0.1, -0.05) is 0 Å². The third kappa shape index (κ3) is 6.20. The normalized spacial score (nSPS) is 18.8. The molecule has 3 nitrogen and oxygen atoms in total. The van der Waals surface area contributed by atoms with Crippen LogP contribution in [-0.2, 0) is 0 Å². The molecule has 0 spiro atoms. The zero-order valence-electron chi connectivity index (χ0n) is 11.8. The summed E-state index contributed by atoms with van der Waals surface area (Å²) in [6.07, 6.45) is 5.36. The Morgan fingerprint density at radius 2 is 2.25 bits per heavy atom. The molecule has 0 bridgehead atoms. The molecular weight excluding hydrogens is 360 g/mol. The van der Waals surface area contributed by atoms with Gasteiger partial charge < -0.3 is 4.74 Å². The third-order valence-corrected chi connectivity index (χ3v) is 4.98. The second-order valence-electron chi connectivity index (χ2n) is 4.89. The molecule has 0 amide bonds. The number of aromatic nitrogens is 1. The molecule has 114 valence electrons. The molecule has 0 saturated carbocycles. The van der Waals surface area contributed by atoms with Crippen LogP contribution in [0.3, 0.4) is 0 Å². The van der Waals surface area contributed by atoms with Crippen LogP contribution in [0.5, 0.6) is 5.88 Å². The molecule has 1 atom stereocenters. The van der Waals surface area contributed by atoms with Crippen LogP contribution in [-0.4, -0.2) is 40.7 Å². The molecule has 1 aromatic rings. The molecule has 0 aromatic carbocycles. The van der Waals surface area contributed by atoms with Crippen molar-refractivity contribution in [3.05, 3.63) is 22.8 Å². The summed E-state index contributed by atoms with van der Waals surface area (Å²) >= 11 is 5.41. The van der Waals surface area contributed by atoms with Crippen molar-refractivity contribution < 1.29 is 4.74 Å². The summed E-state index contributed by atoms with van der Waals surface area (Å²) < 4.78 is 6.59. The lowest BCUT2D eigenvalue weighted by molar-refractivity contribution is 0.261. The van der Waals surface area contributed by atoms with E-state index in [1.165, 1.54) is 31.0 Å². The molecule has 0 aliphatic carbocycles. The molecule has 1 unspecified atom stereocenters. The van der Waals surface area contributed by atoms with E-state index in [0.29, 0.717) is 5.88 Å². The zero-order valence-corrected chi connectivity index (χ0v) is 15.0. The van der Waals surface area contributed by atoms with E-state index in [9.17, 15) is 0 Å². The van der Waals surface area contributed by atoms with Gasteiger partial charge in [-0.15, -0.1) is 24.2 Å². The Bertz CT molecular complexity index is 380. The van der Waals surface area contributed by atoms with Gasteiger partial charge in [-0.25, -0.2) is 4.98 Å². The summed E-state index contributed by atoms with van der Waals surface area (Å²) in [5, 5.41) is 0. The average Bonchev–Trinajstić information content (AvgIpc) is 2.81. The number of nitrogens with zero attached hydrogens (tertiary/aromatic N) is 2. The number of unbranched alkanes of at least 4 members (excludes halogenated alkanes) is 2. The van der Waals surface area contributed by atoms with E-state index in [2.05, 4.69) is 32.7 Å². The van der Waals surface area contributed by atoms with Gasteiger partial charge in [0, 0.05) is 34.4 Å². The smallest absolute Gasteiger partial charge is 0.213 e. The molecule has 2 heterocycles. The maximum absolute atomic E-state index is 5.60. The summed E-state index contributed by atoms with van der Waals surface area (Å²) in [6.45, 7) is 4.31. The Morgan fingerprint density at radius 1 is 1.40 bits per heavy atom. The molecule has 2 rings (SSSR count). The fourth-order valence-electron chi connectivity index (χ4n) is 2.08. The highest BCUT2D eigenvalue weighted by Crippen LogP contribution is 2.20. The molecule has 6 heteroatoms. The van der Waals surface area contributed by atoms with Crippen molar-refractivity contribution in [3.63, 3.8) is 0 Å². The number of pyridine rings is 1. The Hall–Kier alpha value is 0.0300. The molecular formula is C14H22BrClN2OS. The number of ether oxygens (including phenoxy) is 1. The van der Waals surface area contributed by atoms with Crippen LogP contribution in [0.2, 0.25) is 0 Å². The highest BCUT2D eigenvalue weighted by molar-refractivity contribution is 9.10. The van der Waals surface area contributed by atoms with Crippen molar-refractivity contribution in [2.45, 2.75) is 32.2 Å². The van der Waals surface area contributed by atoms with E-state index < -0.39 is 0 Å². The van der Waals surface area contributed by atoms with E-state index >= 15 is 0 Å². The van der Waals surface area contributed by atoms with Crippen LogP contribution < -0.4 is 4.74 Å². The summed E-state index contributed by atoms with van der Waals surface area (Å²) in [7, 11) is 0. The fourth-order valence-corrected chi connectivity index (χ4v) is 3.59. The summed E-state index contributed by atoms with van der Waals surface area (Å²) in [5.41, 5.74) is 0. The van der Waals surface area contributed by atoms with E-state index in [1.54, 1.807) is 6.20 Å². The van der Waals surface area contributed by atoms with Gasteiger partial charge >= 0.3 is 0 Å². The Balaban J connectivity index is 0.00000200. The van der Waals surface area contributed by atoms with Crippen molar-refractivity contribution in [1.82, 2.24) is 9.88 Å². The van der Waals surface area contributed by atoms with Gasteiger partial charge in [-0.05, 0) is 54.7 Å². The highest BCUT2D eigenvalue weighted by Gasteiger charge is 2.19. The molecule has 1 aliphatic heterocycles. The van der Waals surface area contributed by atoms with E-state index in [1.807, 2.05) is 23.9 Å². The zero-order chi connectivity index (χ0) is 13.5. The van der Waals surface area contributed by atoms with Crippen LogP contribution >= 0.6 is 40.1 Å². The SMILES string of the molecule is CC1CSCN1CCCCCOc1ccc(Br)cn1.Cl. The van der Waals surface area contributed by atoms with Crippen molar-refractivity contribution in [3.8, 4) is 5.88 Å². The summed E-state index contributed by atoms with van der Waals surface area (Å²) in [6, 6.07) is 4.61. The quantitative estimate of drug-likeness (QED) is 0.661. The van der Waals surface area contributed by atoms with Gasteiger partial charge in [0.25, 0.3) is 0 Å². The molecule has 1 aliphatic rings. The number of hydrogen-bond donors (Lipinski definition) is 0. The largest absolute Gasteiger partial charge is 0.478 e. The molecule has 1 saturated heterocycles. The van der Waals surface area contributed by atoms with Crippen molar-refractivity contribution in [2.75, 3.05) is 24.8 Å². The van der Waals surface area contributed by atoms with Crippen molar-refractivity contribution >= 4 is 40.1 Å². The molecule has 20 heavy (non-hydrogen) atoms. The maximum atomic E-state index is 5.60. The monoisotopic (exact) mass is 380 g/mol. The minimum absolute atomic E-state index is 0. The van der Waals surface area contributed by atoms with Gasteiger partial charge in [0.05, 0.1) is 6.61 Å². The predicted molar refractivity (Wildman–Crippen MR) is 92.0 cm³/mol. The first kappa shape index (κ1) is 18.1. The van der Waals surface area contributed by atoms with Crippen LogP contribution in [0.4, 0.5) is 0 Å². The topological polar surface area (TPSA) is 25.4 Å². The highest BCUT2D eigenvalue weighted by atomic mass is 79.9. The van der Waals surface area contributed by atoms with Gasteiger partial charge in [-0.3, -0.25) is 4.90 Å². The Morgan fingerprint density at radius 3 is 2.90 bits per heavy atom. The lowest BCUT2D eigenvalue weighted by atomic mass is 10.2. The van der Waals surface area contributed by atoms with Crippen LogP contribution in [0.25, 0.3) is 0 Å². The number of halogens is 2. The van der Waals surface area contributed by atoms with Crippen molar-refractivity contribution in [1.29, 1.82) is 0 Å². The first-order valence-corrected chi connectivity index (χ1v) is 8.76. The van der Waals surface area contributed by atoms with Crippen LogP contribution in [0, 0.1) is 0 Å². The first-order chi connectivity index (χ1) is 9.25. The lowest BCUT2D eigenvalue weighted by Crippen LogP contribution is -2.29. The summed E-state index contributed by atoms with van der Waals surface area (Å²) in [5.74, 6) is 3.21. The van der Waals surface area contributed by atoms with Gasteiger partial charge in [-0.2, -0.15) is 0 Å². The molecule has 1 aromatic heterocycles. The van der Waals surface area contributed by atoms with Crippen LogP contribution in [0.1, 0.15) is 26.2 Å². The molecule has 0 N–H and O–H groups in total. The molecule has 1 fully saturated rings.